The minimum Gasteiger partial charge on any atom is -0.467 e. The van der Waals surface area contributed by atoms with Crippen molar-refractivity contribution in [3.05, 3.63) is 35.4 Å². The Bertz CT molecular complexity index is 711. The van der Waals surface area contributed by atoms with Gasteiger partial charge in [-0.2, -0.15) is 11.8 Å². The van der Waals surface area contributed by atoms with Gasteiger partial charge in [0, 0.05) is 5.56 Å². The van der Waals surface area contributed by atoms with Crippen molar-refractivity contribution < 1.29 is 19.1 Å². The maximum Gasteiger partial charge on any atom is 0.328 e. The molecule has 1 aromatic carbocycles. The van der Waals surface area contributed by atoms with Crippen molar-refractivity contribution in [2.75, 3.05) is 19.1 Å². The Hall–Kier alpha value is -2.02. The highest BCUT2D eigenvalue weighted by molar-refractivity contribution is 7.98. The number of carbonyl (C=O) groups is 3. The van der Waals surface area contributed by atoms with E-state index in [4.69, 9.17) is 4.74 Å². The molecule has 1 aromatic rings. The van der Waals surface area contributed by atoms with E-state index in [9.17, 15) is 14.4 Å². The van der Waals surface area contributed by atoms with Gasteiger partial charge in [0.25, 0.3) is 5.91 Å². The molecule has 0 saturated heterocycles. The lowest BCUT2D eigenvalue weighted by Gasteiger charge is -2.23. The molecule has 1 rings (SSSR count). The van der Waals surface area contributed by atoms with Crippen molar-refractivity contribution in [2.24, 2.45) is 5.92 Å². The van der Waals surface area contributed by atoms with Crippen LogP contribution in [0.25, 0.3) is 0 Å². The van der Waals surface area contributed by atoms with Crippen LogP contribution < -0.4 is 10.6 Å². The predicted molar refractivity (Wildman–Crippen MR) is 123 cm³/mol. The van der Waals surface area contributed by atoms with Gasteiger partial charge in [-0.05, 0) is 53.9 Å². The smallest absolute Gasteiger partial charge is 0.328 e. The van der Waals surface area contributed by atoms with Crippen LogP contribution in [-0.2, 0) is 19.7 Å². The van der Waals surface area contributed by atoms with Gasteiger partial charge in [0.2, 0.25) is 5.91 Å². The van der Waals surface area contributed by atoms with E-state index in [1.807, 2.05) is 32.2 Å². The Morgan fingerprint density at radius 3 is 2.10 bits per heavy atom. The highest BCUT2D eigenvalue weighted by Gasteiger charge is 2.28. The number of carbonyl (C=O) groups excluding carboxylic acids is 3. The highest BCUT2D eigenvalue weighted by atomic mass is 32.2. The fourth-order valence-corrected chi connectivity index (χ4v) is 3.44. The predicted octanol–water partition coefficient (Wildman–Crippen LogP) is 3.54. The van der Waals surface area contributed by atoms with Crippen LogP contribution in [0.5, 0.6) is 0 Å². The second-order valence-electron chi connectivity index (χ2n) is 8.85. The number of rotatable bonds is 10. The Balaban J connectivity index is 2.93. The molecule has 0 heterocycles. The monoisotopic (exact) mass is 436 g/mol. The van der Waals surface area contributed by atoms with Gasteiger partial charge >= 0.3 is 5.97 Å². The Labute approximate surface area is 184 Å². The Kier molecular flexibility index (Phi) is 10.4. The maximum absolute atomic E-state index is 12.9. The van der Waals surface area contributed by atoms with Crippen molar-refractivity contribution in [3.8, 4) is 0 Å². The lowest BCUT2D eigenvalue weighted by atomic mass is 9.86. The molecule has 0 unspecified atom stereocenters. The normalized spacial score (nSPS) is 13.5. The van der Waals surface area contributed by atoms with E-state index >= 15 is 0 Å². The molecule has 7 heteroatoms. The number of methoxy groups -OCH3 is 1. The van der Waals surface area contributed by atoms with Gasteiger partial charge in [0.05, 0.1) is 7.11 Å². The summed E-state index contributed by atoms with van der Waals surface area (Å²) in [6.07, 6.45) is 2.87. The van der Waals surface area contributed by atoms with Gasteiger partial charge in [0.15, 0.2) is 0 Å². The van der Waals surface area contributed by atoms with E-state index < -0.39 is 18.1 Å². The Morgan fingerprint density at radius 2 is 1.63 bits per heavy atom. The van der Waals surface area contributed by atoms with Crippen LogP contribution in [0.2, 0.25) is 0 Å². The average Bonchev–Trinajstić information content (AvgIpc) is 2.68. The molecule has 2 N–H and O–H groups in total. The number of ether oxygens (including phenoxy) is 1. The summed E-state index contributed by atoms with van der Waals surface area (Å²) in [5.41, 5.74) is 1.62. The second-order valence-corrected chi connectivity index (χ2v) is 9.83. The molecule has 0 fully saturated rings. The van der Waals surface area contributed by atoms with Crippen LogP contribution in [0.3, 0.4) is 0 Å². The molecule has 0 aliphatic heterocycles. The quantitative estimate of drug-likeness (QED) is 0.548. The van der Waals surface area contributed by atoms with Crippen LogP contribution in [0.1, 0.15) is 63.4 Å². The van der Waals surface area contributed by atoms with Gasteiger partial charge < -0.3 is 15.4 Å². The largest absolute Gasteiger partial charge is 0.467 e. The molecule has 0 saturated carbocycles. The minimum absolute atomic E-state index is 0.00521. The molecule has 0 aliphatic carbocycles. The molecule has 168 valence electrons. The summed E-state index contributed by atoms with van der Waals surface area (Å²) in [6.45, 7) is 10.3. The van der Waals surface area contributed by atoms with Crippen LogP contribution >= 0.6 is 11.8 Å². The highest BCUT2D eigenvalue weighted by Crippen LogP contribution is 2.22. The first-order chi connectivity index (χ1) is 14.0. The molecule has 0 radical (unpaired) electrons. The number of benzene rings is 1. The van der Waals surface area contributed by atoms with Gasteiger partial charge in [-0.15, -0.1) is 0 Å². The van der Waals surface area contributed by atoms with E-state index in [1.165, 1.54) is 7.11 Å². The summed E-state index contributed by atoms with van der Waals surface area (Å²) >= 11 is 1.59. The molecule has 0 bridgehead atoms. The lowest BCUT2D eigenvalue weighted by molar-refractivity contribution is -0.145. The molecule has 2 amide bonds. The average molecular weight is 437 g/mol. The summed E-state index contributed by atoms with van der Waals surface area (Å²) in [5.74, 6) is -0.270. The fraction of sp³-hybridized carbons (Fsp3) is 0.609. The maximum atomic E-state index is 12.9. The summed E-state index contributed by atoms with van der Waals surface area (Å²) in [6, 6.07) is 5.95. The fourth-order valence-electron chi connectivity index (χ4n) is 2.97. The number of hydrogen-bond donors (Lipinski definition) is 2. The third kappa shape index (κ3) is 8.38. The molecule has 0 aromatic heterocycles. The van der Waals surface area contributed by atoms with Crippen LogP contribution in [0.15, 0.2) is 24.3 Å². The van der Waals surface area contributed by atoms with Crippen molar-refractivity contribution in [2.45, 2.75) is 65.0 Å². The van der Waals surface area contributed by atoms with Crippen LogP contribution in [-0.4, -0.2) is 49.0 Å². The summed E-state index contributed by atoms with van der Waals surface area (Å²) < 4.78 is 4.81. The third-order valence-electron chi connectivity index (χ3n) is 4.75. The van der Waals surface area contributed by atoms with E-state index in [-0.39, 0.29) is 23.1 Å². The van der Waals surface area contributed by atoms with E-state index in [0.29, 0.717) is 24.2 Å². The van der Waals surface area contributed by atoms with E-state index in [2.05, 4.69) is 31.4 Å². The molecule has 0 aliphatic rings. The van der Waals surface area contributed by atoms with Crippen molar-refractivity contribution in [1.29, 1.82) is 0 Å². The van der Waals surface area contributed by atoms with Crippen molar-refractivity contribution in [1.82, 2.24) is 10.6 Å². The zero-order valence-electron chi connectivity index (χ0n) is 19.2. The first kappa shape index (κ1) is 26.0. The number of nitrogens with one attached hydrogen (secondary N) is 2. The van der Waals surface area contributed by atoms with Gasteiger partial charge in [-0.1, -0.05) is 46.8 Å². The SMILES string of the molecule is COC(=O)[C@H](CCSC)NC(=O)[C@@H](CC(C)C)NC(=O)c1ccc(C(C)(C)C)cc1. The standard InChI is InChI=1S/C23H36N2O4S/c1-15(2)14-19(21(27)24-18(12-13-30-7)22(28)29-6)25-20(26)16-8-10-17(11-9-16)23(3,4)5/h8-11,15,18-19H,12-14H2,1-7H3,(H,24,27)(H,25,26)/t18-,19+/m0/s1. The van der Waals surface area contributed by atoms with Gasteiger partial charge in [-0.3, -0.25) is 9.59 Å². The first-order valence-electron chi connectivity index (χ1n) is 10.3. The van der Waals surface area contributed by atoms with Crippen LogP contribution in [0.4, 0.5) is 0 Å². The number of thioether (sulfide) groups is 1. The molecular weight excluding hydrogens is 400 g/mol. The van der Waals surface area contributed by atoms with Crippen molar-refractivity contribution in [3.63, 3.8) is 0 Å². The zero-order chi connectivity index (χ0) is 22.9. The van der Waals surface area contributed by atoms with Gasteiger partial charge in [0.1, 0.15) is 12.1 Å². The number of hydrogen-bond acceptors (Lipinski definition) is 5. The summed E-state index contributed by atoms with van der Waals surface area (Å²) in [5, 5.41) is 5.58. The summed E-state index contributed by atoms with van der Waals surface area (Å²) in [4.78, 5) is 37.7. The van der Waals surface area contributed by atoms with Gasteiger partial charge in [-0.25, -0.2) is 4.79 Å². The summed E-state index contributed by atoms with van der Waals surface area (Å²) in [7, 11) is 1.30. The topological polar surface area (TPSA) is 84.5 Å². The first-order valence-corrected chi connectivity index (χ1v) is 11.7. The minimum atomic E-state index is -0.735. The molecule has 6 nitrogen and oxygen atoms in total. The molecule has 30 heavy (non-hydrogen) atoms. The number of amides is 2. The Morgan fingerprint density at radius 1 is 1.03 bits per heavy atom. The van der Waals surface area contributed by atoms with Crippen LogP contribution in [0, 0.1) is 5.92 Å². The van der Waals surface area contributed by atoms with E-state index in [1.54, 1.807) is 23.9 Å². The zero-order valence-corrected chi connectivity index (χ0v) is 20.0. The second kappa shape index (κ2) is 12.0. The van der Waals surface area contributed by atoms with E-state index in [0.717, 1.165) is 5.56 Å². The molecular formula is C23H36N2O4S. The molecule has 2 atom stereocenters. The van der Waals surface area contributed by atoms with Crippen molar-refractivity contribution >= 4 is 29.5 Å². The third-order valence-corrected chi connectivity index (χ3v) is 5.40. The lowest BCUT2D eigenvalue weighted by Crippen LogP contribution is -2.52. The molecule has 0 spiro atoms. The number of esters is 1.